The molecular formula is C11H15N3S. The van der Waals surface area contributed by atoms with Crippen LogP contribution in [0.5, 0.6) is 0 Å². The number of benzene rings is 1. The van der Waals surface area contributed by atoms with Crippen LogP contribution in [0.4, 0.5) is 0 Å². The summed E-state index contributed by atoms with van der Waals surface area (Å²) in [5, 5.41) is 3.37. The summed E-state index contributed by atoms with van der Waals surface area (Å²) in [4.78, 5) is 0. The van der Waals surface area contributed by atoms with Gasteiger partial charge in [-0.25, -0.2) is 0 Å². The summed E-state index contributed by atoms with van der Waals surface area (Å²) in [6.45, 7) is 0. The Balaban J connectivity index is 2.20. The van der Waals surface area contributed by atoms with Gasteiger partial charge in [0.25, 0.3) is 0 Å². The van der Waals surface area contributed by atoms with Crippen molar-refractivity contribution in [1.82, 2.24) is 16.2 Å². The van der Waals surface area contributed by atoms with Crippen LogP contribution in [-0.2, 0) is 6.42 Å². The van der Waals surface area contributed by atoms with Crippen LogP contribution in [0.25, 0.3) is 0 Å². The number of rotatable bonds is 4. The van der Waals surface area contributed by atoms with Crippen LogP contribution in [-0.4, -0.2) is 12.2 Å². The first-order valence-corrected chi connectivity index (χ1v) is 5.16. The number of hydrogen-bond donors (Lipinski definition) is 3. The van der Waals surface area contributed by atoms with Gasteiger partial charge in [-0.05, 0) is 24.2 Å². The van der Waals surface area contributed by atoms with Crippen LogP contribution in [0, 0.1) is 0 Å². The zero-order chi connectivity index (χ0) is 10.9. The molecule has 0 spiro atoms. The average Bonchev–Trinajstić information content (AvgIpc) is 2.29. The SMILES string of the molecule is CNC(=S)NNC=CCc1ccccc1. The fourth-order valence-corrected chi connectivity index (χ4v) is 1.10. The number of hydrazine groups is 1. The predicted octanol–water partition coefficient (Wildman–Crippen LogP) is 1.34. The van der Waals surface area contributed by atoms with Crippen molar-refractivity contribution in [2.45, 2.75) is 6.42 Å². The van der Waals surface area contributed by atoms with Gasteiger partial charge in [0.1, 0.15) is 0 Å². The molecule has 0 amide bonds. The minimum atomic E-state index is 0.569. The lowest BCUT2D eigenvalue weighted by molar-refractivity contribution is 0.801. The van der Waals surface area contributed by atoms with E-state index in [1.807, 2.05) is 30.5 Å². The first kappa shape index (κ1) is 11.5. The lowest BCUT2D eigenvalue weighted by Gasteiger charge is -2.05. The second-order valence-corrected chi connectivity index (χ2v) is 3.35. The molecule has 0 aliphatic heterocycles. The van der Waals surface area contributed by atoms with Crippen molar-refractivity contribution in [3.8, 4) is 0 Å². The van der Waals surface area contributed by atoms with Crippen LogP contribution in [0.2, 0.25) is 0 Å². The quantitative estimate of drug-likeness (QED) is 0.530. The summed E-state index contributed by atoms with van der Waals surface area (Å²) >= 11 is 4.88. The Bertz CT molecular complexity index is 322. The molecule has 1 aromatic rings. The van der Waals surface area contributed by atoms with Crippen LogP contribution >= 0.6 is 12.2 Å². The van der Waals surface area contributed by atoms with Gasteiger partial charge in [-0.2, -0.15) is 0 Å². The monoisotopic (exact) mass is 221 g/mol. The maximum atomic E-state index is 4.88. The standard InChI is InChI=1S/C11H15N3S/c1-12-11(15)14-13-9-5-8-10-6-3-2-4-7-10/h2-7,9,13H,8H2,1H3,(H2,12,14,15). The van der Waals surface area contributed by atoms with Crippen LogP contribution in [0.15, 0.2) is 42.6 Å². The summed E-state index contributed by atoms with van der Waals surface area (Å²) in [6.07, 6.45) is 4.76. The zero-order valence-electron chi connectivity index (χ0n) is 8.66. The molecule has 0 aromatic heterocycles. The molecule has 0 aliphatic rings. The van der Waals surface area contributed by atoms with E-state index in [1.54, 1.807) is 7.05 Å². The molecule has 0 heterocycles. The molecule has 0 aliphatic carbocycles. The predicted molar refractivity (Wildman–Crippen MR) is 67.2 cm³/mol. The van der Waals surface area contributed by atoms with Gasteiger partial charge in [-0.1, -0.05) is 36.4 Å². The minimum absolute atomic E-state index is 0.569. The molecular weight excluding hydrogens is 206 g/mol. The highest BCUT2D eigenvalue weighted by molar-refractivity contribution is 7.80. The second kappa shape index (κ2) is 6.84. The molecule has 1 rings (SSSR count). The van der Waals surface area contributed by atoms with Gasteiger partial charge in [0.2, 0.25) is 0 Å². The molecule has 0 unspecified atom stereocenters. The highest BCUT2D eigenvalue weighted by Gasteiger charge is 1.86. The minimum Gasteiger partial charge on any atom is -0.364 e. The van der Waals surface area contributed by atoms with E-state index in [4.69, 9.17) is 12.2 Å². The Kier molecular flexibility index (Phi) is 5.25. The van der Waals surface area contributed by atoms with Crippen LogP contribution < -0.4 is 16.2 Å². The first-order valence-electron chi connectivity index (χ1n) is 4.75. The van der Waals surface area contributed by atoms with Gasteiger partial charge < -0.3 is 10.7 Å². The van der Waals surface area contributed by atoms with E-state index in [0.29, 0.717) is 5.11 Å². The van der Waals surface area contributed by atoms with Crippen molar-refractivity contribution in [1.29, 1.82) is 0 Å². The molecule has 0 atom stereocenters. The van der Waals surface area contributed by atoms with Gasteiger partial charge in [-0.3, -0.25) is 5.43 Å². The molecule has 0 saturated carbocycles. The summed E-state index contributed by atoms with van der Waals surface area (Å²) in [7, 11) is 1.77. The van der Waals surface area contributed by atoms with Crippen molar-refractivity contribution in [2.75, 3.05) is 7.05 Å². The fraction of sp³-hybridized carbons (Fsp3) is 0.182. The molecule has 80 valence electrons. The second-order valence-electron chi connectivity index (χ2n) is 2.94. The molecule has 0 radical (unpaired) electrons. The lowest BCUT2D eigenvalue weighted by atomic mass is 10.1. The van der Waals surface area contributed by atoms with E-state index < -0.39 is 0 Å². The van der Waals surface area contributed by atoms with E-state index in [1.165, 1.54) is 5.56 Å². The Morgan fingerprint density at radius 2 is 2.07 bits per heavy atom. The van der Waals surface area contributed by atoms with E-state index in [-0.39, 0.29) is 0 Å². The third-order valence-corrected chi connectivity index (χ3v) is 2.12. The molecule has 4 heteroatoms. The van der Waals surface area contributed by atoms with Gasteiger partial charge in [-0.15, -0.1) is 0 Å². The normalized spacial score (nSPS) is 9.93. The third-order valence-electron chi connectivity index (χ3n) is 1.81. The smallest absolute Gasteiger partial charge is 0.184 e. The molecule has 15 heavy (non-hydrogen) atoms. The zero-order valence-corrected chi connectivity index (χ0v) is 9.47. The van der Waals surface area contributed by atoms with Gasteiger partial charge >= 0.3 is 0 Å². The van der Waals surface area contributed by atoms with E-state index >= 15 is 0 Å². The molecule has 3 N–H and O–H groups in total. The first-order chi connectivity index (χ1) is 7.33. The van der Waals surface area contributed by atoms with Crippen LogP contribution in [0.1, 0.15) is 5.56 Å². The Morgan fingerprint density at radius 1 is 1.33 bits per heavy atom. The molecule has 3 nitrogen and oxygen atoms in total. The lowest BCUT2D eigenvalue weighted by Crippen LogP contribution is -2.39. The molecule has 0 fully saturated rings. The van der Waals surface area contributed by atoms with Crippen LogP contribution in [0.3, 0.4) is 0 Å². The maximum absolute atomic E-state index is 4.88. The van der Waals surface area contributed by atoms with Gasteiger partial charge in [0.15, 0.2) is 5.11 Å². The summed E-state index contributed by atoms with van der Waals surface area (Å²) in [5.74, 6) is 0. The Labute approximate surface area is 95.5 Å². The highest BCUT2D eigenvalue weighted by atomic mass is 32.1. The topological polar surface area (TPSA) is 36.1 Å². The van der Waals surface area contributed by atoms with Gasteiger partial charge in [0, 0.05) is 13.2 Å². The van der Waals surface area contributed by atoms with Gasteiger partial charge in [0.05, 0.1) is 0 Å². The Hall–Kier alpha value is -1.55. The van der Waals surface area contributed by atoms with E-state index in [0.717, 1.165) is 6.42 Å². The largest absolute Gasteiger partial charge is 0.364 e. The fourth-order valence-electron chi connectivity index (χ4n) is 1.04. The number of nitrogens with one attached hydrogen (secondary N) is 3. The number of allylic oxidation sites excluding steroid dienone is 1. The van der Waals surface area contributed by atoms with Crippen molar-refractivity contribution >= 4 is 17.3 Å². The van der Waals surface area contributed by atoms with Crippen molar-refractivity contribution < 1.29 is 0 Å². The average molecular weight is 221 g/mol. The number of thiocarbonyl (C=S) groups is 1. The summed E-state index contributed by atoms with van der Waals surface area (Å²) in [6, 6.07) is 10.3. The maximum Gasteiger partial charge on any atom is 0.184 e. The summed E-state index contributed by atoms with van der Waals surface area (Å²) in [5.41, 5.74) is 6.96. The number of hydrogen-bond acceptors (Lipinski definition) is 2. The Morgan fingerprint density at radius 3 is 2.73 bits per heavy atom. The molecule has 0 bridgehead atoms. The van der Waals surface area contributed by atoms with E-state index in [9.17, 15) is 0 Å². The molecule has 0 saturated heterocycles. The van der Waals surface area contributed by atoms with Crippen molar-refractivity contribution in [3.63, 3.8) is 0 Å². The molecule has 1 aromatic carbocycles. The van der Waals surface area contributed by atoms with Crippen molar-refractivity contribution in [3.05, 3.63) is 48.2 Å². The third kappa shape index (κ3) is 5.02. The van der Waals surface area contributed by atoms with Crippen molar-refractivity contribution in [2.24, 2.45) is 0 Å². The highest BCUT2D eigenvalue weighted by Crippen LogP contribution is 1.99. The summed E-state index contributed by atoms with van der Waals surface area (Å²) < 4.78 is 0. The van der Waals surface area contributed by atoms with E-state index in [2.05, 4.69) is 28.3 Å².